The number of morpholine rings is 1. The quantitative estimate of drug-likeness (QED) is 0.375. The minimum atomic E-state index is -0.653. The Morgan fingerprint density at radius 1 is 1.39 bits per heavy atom. The lowest BCUT2D eigenvalue weighted by Gasteiger charge is -2.34. The van der Waals surface area contributed by atoms with E-state index in [4.69, 9.17) is 26.8 Å². The van der Waals surface area contributed by atoms with E-state index in [2.05, 4.69) is 10.2 Å². The van der Waals surface area contributed by atoms with Gasteiger partial charge < -0.3 is 15.2 Å². The Morgan fingerprint density at radius 3 is 2.81 bits per heavy atom. The molecule has 0 bridgehead atoms. The van der Waals surface area contributed by atoms with Crippen LogP contribution in [0.5, 0.6) is 5.75 Å². The Kier molecular flexibility index (Phi) is 7.78. The smallest absolute Gasteiger partial charge is 0.280 e. The van der Waals surface area contributed by atoms with Crippen molar-refractivity contribution in [2.24, 2.45) is 5.29 Å². The Bertz CT molecular complexity index is 928. The molecule has 0 aromatic heterocycles. The maximum atomic E-state index is 13.1. The average Bonchev–Trinajstić information content (AvgIpc) is 2.76. The van der Waals surface area contributed by atoms with Gasteiger partial charge in [-0.1, -0.05) is 23.7 Å². The number of carbonyl (C=O) groups is 1. The van der Waals surface area contributed by atoms with Crippen LogP contribution in [0, 0.1) is 10.7 Å². The zero-order chi connectivity index (χ0) is 22.4. The Hall–Kier alpha value is -2.75. The van der Waals surface area contributed by atoms with Crippen molar-refractivity contribution in [3.8, 4) is 5.75 Å². The van der Waals surface area contributed by atoms with Gasteiger partial charge in [-0.05, 0) is 30.7 Å². The van der Waals surface area contributed by atoms with Gasteiger partial charge in [0, 0.05) is 25.7 Å². The maximum absolute atomic E-state index is 13.1. The first-order valence-electron chi connectivity index (χ1n) is 9.86. The van der Waals surface area contributed by atoms with Gasteiger partial charge in [-0.25, -0.2) is 4.39 Å². The summed E-state index contributed by atoms with van der Waals surface area (Å²) in [7, 11) is 0. The number of amides is 1. The summed E-state index contributed by atoms with van der Waals surface area (Å²) in [5.41, 5.74) is 7.12. The number of benzene rings is 2. The van der Waals surface area contributed by atoms with Gasteiger partial charge >= 0.3 is 0 Å². The summed E-state index contributed by atoms with van der Waals surface area (Å²) in [6, 6.07) is 9.09. The van der Waals surface area contributed by atoms with Gasteiger partial charge in [0.05, 0.1) is 47.4 Å². The van der Waals surface area contributed by atoms with E-state index in [1.165, 1.54) is 24.3 Å². The third-order valence-electron chi connectivity index (χ3n) is 4.88. The van der Waals surface area contributed by atoms with Gasteiger partial charge in [0.1, 0.15) is 11.6 Å². The minimum Gasteiger partial charge on any atom is -0.493 e. The molecule has 0 spiro atoms. The molecule has 2 N–H and O–H groups in total. The number of nitrogen functional groups attached to an aromatic ring is 1. The van der Waals surface area contributed by atoms with Gasteiger partial charge in [-0.3, -0.25) is 9.69 Å². The standard InChI is InChI=1S/C21H24ClFN4O4/c1-2-30-20-10-19(24)18(22)9-17(20)21(28)27(25-29)13-16-12-26(7-8-31-16)11-14-3-5-15(23)6-4-14/h3-6,9-10,16H,2,7-8,11-13,24H2,1H3. The molecular formula is C21H24ClFN4O4. The second-order valence-electron chi connectivity index (χ2n) is 7.13. The van der Waals surface area contributed by atoms with E-state index < -0.39 is 12.0 Å². The topological polar surface area (TPSA) is 97.5 Å². The highest BCUT2D eigenvalue weighted by Crippen LogP contribution is 2.30. The van der Waals surface area contributed by atoms with E-state index in [1.54, 1.807) is 19.1 Å². The van der Waals surface area contributed by atoms with Crippen LogP contribution in [0.2, 0.25) is 5.02 Å². The van der Waals surface area contributed by atoms with Crippen molar-refractivity contribution < 1.29 is 18.7 Å². The number of ether oxygens (including phenoxy) is 2. The van der Waals surface area contributed by atoms with Crippen LogP contribution in [-0.4, -0.2) is 54.8 Å². The van der Waals surface area contributed by atoms with Gasteiger partial charge in [-0.15, -0.1) is 4.91 Å². The van der Waals surface area contributed by atoms with Crippen molar-refractivity contribution in [1.29, 1.82) is 0 Å². The summed E-state index contributed by atoms with van der Waals surface area (Å²) in [6.45, 7) is 4.24. The molecule has 3 rings (SSSR count). The van der Waals surface area contributed by atoms with Crippen molar-refractivity contribution in [2.45, 2.75) is 19.6 Å². The monoisotopic (exact) mass is 450 g/mol. The normalized spacial score (nSPS) is 16.7. The summed E-state index contributed by atoms with van der Waals surface area (Å²) in [6.07, 6.45) is -0.421. The van der Waals surface area contributed by atoms with Gasteiger partial charge in [0.15, 0.2) is 0 Å². The number of halogens is 2. The van der Waals surface area contributed by atoms with Crippen molar-refractivity contribution in [1.82, 2.24) is 9.91 Å². The lowest BCUT2D eigenvalue weighted by atomic mass is 10.1. The van der Waals surface area contributed by atoms with E-state index in [1.807, 2.05) is 0 Å². The maximum Gasteiger partial charge on any atom is 0.280 e. The SMILES string of the molecule is CCOc1cc(N)c(Cl)cc1C(=O)N(CC1CN(Cc2ccc(F)cc2)CCO1)N=O. The molecule has 31 heavy (non-hydrogen) atoms. The molecule has 0 saturated carbocycles. The number of hydrogen-bond acceptors (Lipinski definition) is 7. The second kappa shape index (κ2) is 10.5. The predicted molar refractivity (Wildman–Crippen MR) is 115 cm³/mol. The second-order valence-corrected chi connectivity index (χ2v) is 7.53. The Balaban J connectivity index is 1.68. The lowest BCUT2D eigenvalue weighted by Crippen LogP contribution is -2.47. The molecule has 10 heteroatoms. The summed E-state index contributed by atoms with van der Waals surface area (Å²) in [4.78, 5) is 26.5. The van der Waals surface area contributed by atoms with Crippen LogP contribution in [0.3, 0.4) is 0 Å². The van der Waals surface area contributed by atoms with Crippen LogP contribution in [-0.2, 0) is 11.3 Å². The summed E-state index contributed by atoms with van der Waals surface area (Å²) in [5.74, 6) is -0.714. The van der Waals surface area contributed by atoms with E-state index in [0.717, 1.165) is 10.6 Å². The molecule has 1 atom stereocenters. The number of nitroso groups, excluding NO2 is 1. The fourth-order valence-electron chi connectivity index (χ4n) is 3.38. The van der Waals surface area contributed by atoms with Crippen molar-refractivity contribution in [3.63, 3.8) is 0 Å². The Morgan fingerprint density at radius 2 is 2.13 bits per heavy atom. The van der Waals surface area contributed by atoms with Crippen molar-refractivity contribution >= 4 is 23.2 Å². The first kappa shape index (κ1) is 22.9. The molecule has 1 amide bonds. The minimum absolute atomic E-state index is 0.0319. The van der Waals surface area contributed by atoms with Crippen LogP contribution in [0.15, 0.2) is 41.7 Å². The van der Waals surface area contributed by atoms with E-state index >= 15 is 0 Å². The molecule has 1 saturated heterocycles. The molecular weight excluding hydrogens is 427 g/mol. The highest BCUT2D eigenvalue weighted by molar-refractivity contribution is 6.33. The summed E-state index contributed by atoms with van der Waals surface area (Å²) < 4.78 is 24.3. The zero-order valence-electron chi connectivity index (χ0n) is 17.1. The third kappa shape index (κ3) is 5.90. The first-order valence-corrected chi connectivity index (χ1v) is 10.2. The average molecular weight is 451 g/mol. The van der Waals surface area contributed by atoms with Crippen LogP contribution < -0.4 is 10.5 Å². The van der Waals surface area contributed by atoms with E-state index in [-0.39, 0.29) is 34.4 Å². The molecule has 0 radical (unpaired) electrons. The summed E-state index contributed by atoms with van der Waals surface area (Å²) in [5, 5.41) is 3.87. The molecule has 2 aromatic rings. The number of hydrogen-bond donors (Lipinski definition) is 1. The highest BCUT2D eigenvalue weighted by Gasteiger charge is 2.28. The molecule has 8 nitrogen and oxygen atoms in total. The number of anilines is 1. The molecule has 1 fully saturated rings. The molecule has 166 valence electrons. The van der Waals surface area contributed by atoms with Crippen LogP contribution in [0.1, 0.15) is 22.8 Å². The molecule has 2 aromatic carbocycles. The van der Waals surface area contributed by atoms with Crippen LogP contribution in [0.25, 0.3) is 0 Å². The molecule has 1 aliphatic rings. The van der Waals surface area contributed by atoms with Gasteiger partial charge in [0.2, 0.25) is 0 Å². The Labute approximate surface area is 184 Å². The van der Waals surface area contributed by atoms with Gasteiger partial charge in [0.25, 0.3) is 5.91 Å². The highest BCUT2D eigenvalue weighted by atomic mass is 35.5. The zero-order valence-corrected chi connectivity index (χ0v) is 17.8. The molecule has 1 unspecified atom stereocenters. The van der Waals surface area contributed by atoms with E-state index in [9.17, 15) is 14.1 Å². The molecule has 0 aliphatic carbocycles. The van der Waals surface area contributed by atoms with E-state index in [0.29, 0.717) is 32.8 Å². The number of carbonyl (C=O) groups excluding carboxylic acids is 1. The van der Waals surface area contributed by atoms with Crippen LogP contribution in [0.4, 0.5) is 10.1 Å². The van der Waals surface area contributed by atoms with Crippen LogP contribution >= 0.6 is 11.6 Å². The fraction of sp³-hybridized carbons (Fsp3) is 0.381. The lowest BCUT2D eigenvalue weighted by molar-refractivity contribution is -0.0430. The third-order valence-corrected chi connectivity index (χ3v) is 5.21. The molecule has 1 aliphatic heterocycles. The summed E-state index contributed by atoms with van der Waals surface area (Å²) >= 11 is 6.06. The first-order chi connectivity index (χ1) is 14.9. The number of rotatable bonds is 8. The molecule has 1 heterocycles. The largest absolute Gasteiger partial charge is 0.493 e. The van der Waals surface area contributed by atoms with Crippen molar-refractivity contribution in [3.05, 3.63) is 63.3 Å². The fourth-order valence-corrected chi connectivity index (χ4v) is 3.54. The van der Waals surface area contributed by atoms with Gasteiger partial charge in [-0.2, -0.15) is 5.01 Å². The number of nitrogens with two attached hydrogens (primary N) is 1. The predicted octanol–water partition coefficient (Wildman–Crippen LogP) is 3.48. The van der Waals surface area contributed by atoms with Crippen molar-refractivity contribution in [2.75, 3.05) is 38.6 Å². The number of nitrogens with zero attached hydrogens (tertiary/aromatic N) is 3.